The molecule has 0 radical (unpaired) electrons. The minimum Gasteiger partial charge on any atom is -0.473 e. The number of thiazole rings is 1. The number of nitrogens with zero attached hydrogens (tertiary/aromatic N) is 6. The van der Waals surface area contributed by atoms with Gasteiger partial charge in [0.1, 0.15) is 5.69 Å². The van der Waals surface area contributed by atoms with E-state index in [1.165, 1.54) is 11.3 Å². The van der Waals surface area contributed by atoms with Crippen molar-refractivity contribution in [3.8, 4) is 11.5 Å². The summed E-state index contributed by atoms with van der Waals surface area (Å²) in [5.74, 6) is -2.60. The van der Waals surface area contributed by atoms with Gasteiger partial charge in [0.15, 0.2) is 5.13 Å². The molecule has 14 heteroatoms. The van der Waals surface area contributed by atoms with Crippen LogP contribution in [0.15, 0.2) is 34.7 Å². The van der Waals surface area contributed by atoms with Crippen LogP contribution in [0.3, 0.4) is 0 Å². The Hall–Kier alpha value is -3.78. The van der Waals surface area contributed by atoms with Crippen LogP contribution in [-0.2, 0) is 14.4 Å². The van der Waals surface area contributed by atoms with Crippen LogP contribution in [0, 0.1) is 0 Å². The number of likely N-dealkylation sites (tertiary alicyclic amines) is 1. The lowest BCUT2D eigenvalue weighted by Gasteiger charge is -2.36. The molecule has 13 nitrogen and oxygen atoms in total. The maximum atomic E-state index is 11.9. The lowest BCUT2D eigenvalue weighted by molar-refractivity contribution is -0.159. The van der Waals surface area contributed by atoms with Gasteiger partial charge in [-0.2, -0.15) is 4.98 Å². The Morgan fingerprint density at radius 2 is 1.93 bits per heavy atom. The molecule has 0 bridgehead atoms. The molecule has 1 aliphatic rings. The van der Waals surface area contributed by atoms with Crippen molar-refractivity contribution in [2.24, 2.45) is 0 Å². The first-order valence-corrected chi connectivity index (χ1v) is 9.28. The fourth-order valence-electron chi connectivity index (χ4n) is 2.42. The number of hydrogen-bond acceptors (Lipinski definition) is 11. The minimum absolute atomic E-state index is 0.0748. The molecule has 0 aromatic carbocycles. The molecule has 3 aromatic rings. The highest BCUT2D eigenvalue weighted by molar-refractivity contribution is 7.13. The highest BCUT2D eigenvalue weighted by Crippen LogP contribution is 2.26. The molecule has 1 saturated heterocycles. The molecule has 3 N–H and O–H groups in total. The van der Waals surface area contributed by atoms with Crippen LogP contribution in [0.25, 0.3) is 11.5 Å². The molecule has 4 rings (SSSR count). The molecule has 156 valence electrons. The first-order valence-electron chi connectivity index (χ1n) is 8.40. The van der Waals surface area contributed by atoms with E-state index in [1.54, 1.807) is 24.8 Å². The molecule has 0 saturated carbocycles. The number of carbonyl (C=O) groups excluding carboxylic acids is 1. The van der Waals surface area contributed by atoms with Crippen LogP contribution < -0.4 is 5.32 Å². The highest BCUT2D eigenvalue weighted by Gasteiger charge is 2.33. The van der Waals surface area contributed by atoms with Gasteiger partial charge in [0.25, 0.3) is 0 Å². The van der Waals surface area contributed by atoms with Gasteiger partial charge in [-0.05, 0) is 0 Å². The molecule has 0 atom stereocenters. The lowest BCUT2D eigenvalue weighted by Crippen LogP contribution is -2.48. The number of carbonyl (C=O) groups is 3. The summed E-state index contributed by atoms with van der Waals surface area (Å²) in [6.45, 7) is 1.72. The van der Waals surface area contributed by atoms with Crippen molar-refractivity contribution >= 4 is 34.3 Å². The van der Waals surface area contributed by atoms with Crippen molar-refractivity contribution in [3.05, 3.63) is 36.1 Å². The standard InChI is InChI=1S/C14H13N7O2S.C2H2O4/c22-11(18-14-17-3-4-24-14)8-21-6-9(7-21)13-19-12(20-23-13)10-5-15-1-2-16-10;3-1(4)2(5)6/h1-5,9H,6-8H2,(H,17,18,22);(H,3,4)(H,5,6). The van der Waals surface area contributed by atoms with Crippen LogP contribution in [0.1, 0.15) is 11.8 Å². The van der Waals surface area contributed by atoms with E-state index in [1.807, 2.05) is 10.3 Å². The average molecular weight is 433 g/mol. The van der Waals surface area contributed by atoms with E-state index in [2.05, 4.69) is 30.4 Å². The number of nitrogens with one attached hydrogen (secondary N) is 1. The molecular formula is C16H15N7O6S. The smallest absolute Gasteiger partial charge is 0.414 e. The zero-order chi connectivity index (χ0) is 21.5. The van der Waals surface area contributed by atoms with Crippen LogP contribution >= 0.6 is 11.3 Å². The van der Waals surface area contributed by atoms with E-state index in [0.717, 1.165) is 0 Å². The monoisotopic (exact) mass is 433 g/mol. The fraction of sp³-hybridized carbons (Fsp3) is 0.250. The van der Waals surface area contributed by atoms with Crippen molar-refractivity contribution in [3.63, 3.8) is 0 Å². The van der Waals surface area contributed by atoms with Crippen molar-refractivity contribution in [2.45, 2.75) is 5.92 Å². The minimum atomic E-state index is -1.82. The number of aliphatic carboxylic acids is 2. The summed E-state index contributed by atoms with van der Waals surface area (Å²) in [6.07, 6.45) is 6.41. The van der Waals surface area contributed by atoms with Gasteiger partial charge in [0, 0.05) is 37.1 Å². The van der Waals surface area contributed by atoms with E-state index < -0.39 is 11.9 Å². The summed E-state index contributed by atoms with van der Waals surface area (Å²) in [5, 5.41) is 23.9. The summed E-state index contributed by atoms with van der Waals surface area (Å²) in [4.78, 5) is 48.6. The van der Waals surface area contributed by atoms with Gasteiger partial charge in [-0.25, -0.2) is 19.6 Å². The first kappa shape index (κ1) is 20.9. The Morgan fingerprint density at radius 1 is 1.17 bits per heavy atom. The second-order valence-corrected chi connectivity index (χ2v) is 6.83. The SMILES string of the molecule is O=C(CN1CC(c2nc(-c3cnccn3)no2)C1)Nc1nccs1.O=C(O)C(=O)O. The third kappa shape index (κ3) is 5.62. The number of anilines is 1. The Balaban J connectivity index is 0.000000377. The van der Waals surface area contributed by atoms with E-state index >= 15 is 0 Å². The predicted molar refractivity (Wildman–Crippen MR) is 101 cm³/mol. The van der Waals surface area contributed by atoms with Crippen LogP contribution in [0.2, 0.25) is 0 Å². The Kier molecular flexibility index (Phi) is 6.71. The van der Waals surface area contributed by atoms with Gasteiger partial charge in [0.05, 0.1) is 18.7 Å². The molecule has 1 aliphatic heterocycles. The molecule has 0 aliphatic carbocycles. The summed E-state index contributed by atoms with van der Waals surface area (Å²) in [6, 6.07) is 0. The lowest BCUT2D eigenvalue weighted by atomic mass is 10.0. The summed E-state index contributed by atoms with van der Waals surface area (Å²) in [5.41, 5.74) is 0.575. The molecule has 0 unspecified atom stereocenters. The molecule has 1 fully saturated rings. The molecule has 30 heavy (non-hydrogen) atoms. The number of hydrogen-bond donors (Lipinski definition) is 3. The predicted octanol–water partition coefficient (Wildman–Crippen LogP) is 0.177. The first-order chi connectivity index (χ1) is 14.4. The van der Waals surface area contributed by atoms with Crippen LogP contribution in [-0.4, -0.2) is 77.7 Å². The number of amides is 1. The Labute approximate surface area is 172 Å². The van der Waals surface area contributed by atoms with Gasteiger partial charge in [-0.3, -0.25) is 14.7 Å². The number of carboxylic acid groups (broad SMARTS) is 2. The maximum Gasteiger partial charge on any atom is 0.414 e. The van der Waals surface area contributed by atoms with E-state index in [4.69, 9.17) is 24.3 Å². The van der Waals surface area contributed by atoms with Crippen molar-refractivity contribution in [1.29, 1.82) is 0 Å². The zero-order valence-electron chi connectivity index (χ0n) is 15.2. The topological polar surface area (TPSA) is 185 Å². The van der Waals surface area contributed by atoms with E-state index in [0.29, 0.717) is 42.2 Å². The summed E-state index contributed by atoms with van der Waals surface area (Å²) >= 11 is 1.40. The summed E-state index contributed by atoms with van der Waals surface area (Å²) in [7, 11) is 0. The molecule has 0 spiro atoms. The quantitative estimate of drug-likeness (QED) is 0.464. The molecule has 4 heterocycles. The van der Waals surface area contributed by atoms with Crippen molar-refractivity contribution in [2.75, 3.05) is 25.0 Å². The molecule has 1 amide bonds. The van der Waals surface area contributed by atoms with Crippen LogP contribution in [0.4, 0.5) is 5.13 Å². The van der Waals surface area contributed by atoms with Gasteiger partial charge in [-0.1, -0.05) is 5.16 Å². The Morgan fingerprint density at radius 3 is 2.53 bits per heavy atom. The second kappa shape index (κ2) is 9.62. The zero-order valence-corrected chi connectivity index (χ0v) is 16.0. The fourth-order valence-corrected chi connectivity index (χ4v) is 2.97. The van der Waals surface area contributed by atoms with E-state index in [-0.39, 0.29) is 11.8 Å². The second-order valence-electron chi connectivity index (χ2n) is 5.93. The van der Waals surface area contributed by atoms with Crippen molar-refractivity contribution < 1.29 is 29.1 Å². The maximum absolute atomic E-state index is 11.9. The third-order valence-electron chi connectivity index (χ3n) is 3.77. The molecular weight excluding hydrogens is 418 g/mol. The highest BCUT2D eigenvalue weighted by atomic mass is 32.1. The van der Waals surface area contributed by atoms with Gasteiger partial charge in [-0.15, -0.1) is 11.3 Å². The van der Waals surface area contributed by atoms with Gasteiger partial charge >= 0.3 is 11.9 Å². The van der Waals surface area contributed by atoms with Crippen LogP contribution in [0.5, 0.6) is 0 Å². The van der Waals surface area contributed by atoms with E-state index in [9.17, 15) is 4.79 Å². The average Bonchev–Trinajstić information content (AvgIpc) is 3.37. The number of rotatable bonds is 5. The summed E-state index contributed by atoms with van der Waals surface area (Å²) < 4.78 is 5.30. The third-order valence-corrected chi connectivity index (χ3v) is 4.46. The van der Waals surface area contributed by atoms with Gasteiger partial charge in [0.2, 0.25) is 17.6 Å². The number of aromatic nitrogens is 5. The van der Waals surface area contributed by atoms with Crippen molar-refractivity contribution in [1.82, 2.24) is 30.0 Å². The largest absolute Gasteiger partial charge is 0.473 e. The number of carboxylic acids is 2. The van der Waals surface area contributed by atoms with Gasteiger partial charge < -0.3 is 20.1 Å². The normalized spacial score (nSPS) is 13.6. The molecule has 3 aromatic heterocycles. The Bertz CT molecular complexity index is 992.